The molecule has 1 rings (SSSR count). The highest BCUT2D eigenvalue weighted by atomic mass is 32.2. The summed E-state index contributed by atoms with van der Waals surface area (Å²) in [5.41, 5.74) is 1.11. The van der Waals surface area contributed by atoms with Crippen molar-refractivity contribution in [3.05, 3.63) is 35.9 Å². The second-order valence-electron chi connectivity index (χ2n) is 6.57. The van der Waals surface area contributed by atoms with E-state index in [-0.39, 0.29) is 5.75 Å². The van der Waals surface area contributed by atoms with Gasteiger partial charge in [0.1, 0.15) is 0 Å². The van der Waals surface area contributed by atoms with Gasteiger partial charge in [0, 0.05) is 0 Å². The minimum Gasteiger partial charge on any atom is -0.229 e. The van der Waals surface area contributed by atoms with Gasteiger partial charge in [-0.1, -0.05) is 95.0 Å². The molecule has 0 amide bonds. The molecular weight excluding hydrogens is 304 g/mol. The van der Waals surface area contributed by atoms with Gasteiger partial charge in [0.05, 0.1) is 11.5 Å². The quantitative estimate of drug-likeness (QED) is 0.416. The lowest BCUT2D eigenvalue weighted by Gasteiger charge is -2.05. The van der Waals surface area contributed by atoms with Crippen LogP contribution >= 0.6 is 0 Å². The fourth-order valence-corrected chi connectivity index (χ4v) is 4.22. The predicted octanol–water partition coefficient (Wildman–Crippen LogP) is 5.56. The zero-order chi connectivity index (χ0) is 16.8. The molecule has 0 heterocycles. The van der Waals surface area contributed by atoms with Crippen molar-refractivity contribution in [1.29, 1.82) is 0 Å². The topological polar surface area (TPSA) is 34.1 Å². The fourth-order valence-electron chi connectivity index (χ4n) is 2.83. The van der Waals surface area contributed by atoms with Crippen LogP contribution in [0.5, 0.6) is 0 Å². The SMILES string of the molecule is CCCCCCCCCCCCS(=O)(=O)CCc1ccccc1. The fraction of sp³-hybridized carbons (Fsp3) is 0.700. The number of aryl methyl sites for hydroxylation is 1. The minimum atomic E-state index is -2.89. The molecule has 0 aromatic heterocycles. The van der Waals surface area contributed by atoms with Crippen LogP contribution in [0.1, 0.15) is 76.7 Å². The van der Waals surface area contributed by atoms with Gasteiger partial charge in [0.15, 0.2) is 9.84 Å². The number of unbranched alkanes of at least 4 members (excludes halogenated alkanes) is 9. The third-order valence-electron chi connectivity index (χ3n) is 4.35. The second-order valence-corrected chi connectivity index (χ2v) is 8.87. The molecule has 23 heavy (non-hydrogen) atoms. The van der Waals surface area contributed by atoms with Gasteiger partial charge >= 0.3 is 0 Å². The number of rotatable bonds is 14. The first kappa shape index (κ1) is 20.2. The smallest absolute Gasteiger partial charge is 0.150 e. The van der Waals surface area contributed by atoms with Gasteiger partial charge in [-0.25, -0.2) is 8.42 Å². The molecule has 3 heteroatoms. The summed E-state index contributed by atoms with van der Waals surface area (Å²) in [7, 11) is -2.89. The molecule has 0 N–H and O–H groups in total. The second kappa shape index (κ2) is 12.6. The van der Waals surface area contributed by atoms with E-state index in [1.165, 1.54) is 51.4 Å². The Morgan fingerprint density at radius 1 is 0.696 bits per heavy atom. The molecule has 0 saturated heterocycles. The maximum Gasteiger partial charge on any atom is 0.150 e. The number of sulfone groups is 1. The summed E-state index contributed by atoms with van der Waals surface area (Å²) in [5.74, 6) is 0.644. The van der Waals surface area contributed by atoms with Crippen molar-refractivity contribution in [3.63, 3.8) is 0 Å². The average molecular weight is 339 g/mol. The third kappa shape index (κ3) is 11.4. The van der Waals surface area contributed by atoms with Crippen molar-refractivity contribution in [2.75, 3.05) is 11.5 Å². The highest BCUT2D eigenvalue weighted by Gasteiger charge is 2.10. The summed E-state index contributed by atoms with van der Waals surface area (Å²) in [6.07, 6.45) is 13.0. The lowest BCUT2D eigenvalue weighted by Crippen LogP contribution is -2.13. The van der Waals surface area contributed by atoms with E-state index < -0.39 is 9.84 Å². The zero-order valence-electron chi connectivity index (χ0n) is 14.8. The molecule has 0 aliphatic carbocycles. The summed E-state index contributed by atoms with van der Waals surface area (Å²) in [6.45, 7) is 2.24. The van der Waals surface area contributed by atoms with Crippen molar-refractivity contribution in [2.45, 2.75) is 77.6 Å². The van der Waals surface area contributed by atoms with Crippen LogP contribution in [0.4, 0.5) is 0 Å². The van der Waals surface area contributed by atoms with E-state index in [1.807, 2.05) is 30.3 Å². The maximum absolute atomic E-state index is 12.0. The van der Waals surface area contributed by atoms with Crippen molar-refractivity contribution in [3.8, 4) is 0 Å². The van der Waals surface area contributed by atoms with Crippen molar-refractivity contribution in [2.24, 2.45) is 0 Å². The Bertz CT molecular complexity index is 480. The number of hydrogen-bond acceptors (Lipinski definition) is 2. The standard InChI is InChI=1S/C20H34O2S/c1-2-3-4-5-6-7-8-9-10-14-18-23(21,22)19-17-20-15-12-11-13-16-20/h11-13,15-16H,2-10,14,17-19H2,1H3. The molecule has 132 valence electrons. The average Bonchev–Trinajstić information content (AvgIpc) is 2.56. The third-order valence-corrected chi connectivity index (χ3v) is 6.09. The molecule has 0 unspecified atom stereocenters. The van der Waals surface area contributed by atoms with Crippen LogP contribution in [-0.2, 0) is 16.3 Å². The maximum atomic E-state index is 12.0. The summed E-state index contributed by atoms with van der Waals surface area (Å²) >= 11 is 0. The molecule has 0 aliphatic rings. The molecule has 2 nitrogen and oxygen atoms in total. The first-order valence-electron chi connectivity index (χ1n) is 9.38. The Morgan fingerprint density at radius 3 is 1.78 bits per heavy atom. The molecule has 0 saturated carbocycles. The first-order valence-corrected chi connectivity index (χ1v) is 11.2. The van der Waals surface area contributed by atoms with E-state index in [9.17, 15) is 8.42 Å². The molecule has 0 fully saturated rings. The molecular formula is C20H34O2S. The molecule has 0 bridgehead atoms. The largest absolute Gasteiger partial charge is 0.229 e. The Hall–Kier alpha value is -0.830. The summed E-state index contributed by atoms with van der Waals surface area (Å²) in [5, 5.41) is 0. The van der Waals surface area contributed by atoms with Crippen LogP contribution < -0.4 is 0 Å². The summed E-state index contributed by atoms with van der Waals surface area (Å²) in [4.78, 5) is 0. The van der Waals surface area contributed by atoms with Crippen LogP contribution in [0.2, 0.25) is 0 Å². The highest BCUT2D eigenvalue weighted by molar-refractivity contribution is 7.91. The summed E-state index contributed by atoms with van der Waals surface area (Å²) in [6, 6.07) is 9.88. The van der Waals surface area contributed by atoms with Crippen LogP contribution in [0.3, 0.4) is 0 Å². The van der Waals surface area contributed by atoms with E-state index >= 15 is 0 Å². The van der Waals surface area contributed by atoms with E-state index in [0.717, 1.165) is 18.4 Å². The van der Waals surface area contributed by atoms with Crippen LogP contribution in [0.25, 0.3) is 0 Å². The molecule has 0 atom stereocenters. The lowest BCUT2D eigenvalue weighted by molar-refractivity contribution is 0.557. The monoisotopic (exact) mass is 338 g/mol. The number of hydrogen-bond donors (Lipinski definition) is 0. The predicted molar refractivity (Wildman–Crippen MR) is 101 cm³/mol. The van der Waals surface area contributed by atoms with Gasteiger partial charge in [-0.15, -0.1) is 0 Å². The van der Waals surface area contributed by atoms with Crippen molar-refractivity contribution >= 4 is 9.84 Å². The van der Waals surface area contributed by atoms with Crippen LogP contribution in [0, 0.1) is 0 Å². The van der Waals surface area contributed by atoms with E-state index in [0.29, 0.717) is 12.2 Å². The first-order chi connectivity index (χ1) is 11.1. The molecule has 1 aromatic rings. The zero-order valence-corrected chi connectivity index (χ0v) is 15.6. The van der Waals surface area contributed by atoms with Crippen molar-refractivity contribution in [1.82, 2.24) is 0 Å². The van der Waals surface area contributed by atoms with Gasteiger partial charge in [-0.2, -0.15) is 0 Å². The minimum absolute atomic E-state index is 0.286. The van der Waals surface area contributed by atoms with E-state index in [2.05, 4.69) is 6.92 Å². The molecule has 0 aliphatic heterocycles. The van der Waals surface area contributed by atoms with Gasteiger partial charge in [0.25, 0.3) is 0 Å². The lowest BCUT2D eigenvalue weighted by atomic mass is 10.1. The van der Waals surface area contributed by atoms with E-state index in [4.69, 9.17) is 0 Å². The van der Waals surface area contributed by atoms with Crippen molar-refractivity contribution < 1.29 is 8.42 Å². The summed E-state index contributed by atoms with van der Waals surface area (Å²) < 4.78 is 24.1. The Balaban J connectivity index is 1.99. The van der Waals surface area contributed by atoms with Gasteiger partial charge < -0.3 is 0 Å². The van der Waals surface area contributed by atoms with Crippen LogP contribution in [0.15, 0.2) is 30.3 Å². The molecule has 0 spiro atoms. The van der Waals surface area contributed by atoms with E-state index in [1.54, 1.807) is 0 Å². The van der Waals surface area contributed by atoms with Gasteiger partial charge in [-0.3, -0.25) is 0 Å². The Kier molecular flexibility index (Phi) is 11.1. The highest BCUT2D eigenvalue weighted by Crippen LogP contribution is 2.11. The van der Waals surface area contributed by atoms with Crippen LogP contribution in [-0.4, -0.2) is 19.9 Å². The van der Waals surface area contributed by atoms with Gasteiger partial charge in [0.2, 0.25) is 0 Å². The van der Waals surface area contributed by atoms with Gasteiger partial charge in [-0.05, 0) is 18.4 Å². The Labute approximate surface area is 143 Å². The Morgan fingerprint density at radius 2 is 1.22 bits per heavy atom. The molecule has 1 aromatic carbocycles. The normalized spacial score (nSPS) is 11.7. The number of benzene rings is 1. The molecule has 0 radical (unpaired) electrons.